The topological polar surface area (TPSA) is 38.9 Å². The smallest absolute Gasteiger partial charge is 0.125 e. The second-order valence-electron chi connectivity index (χ2n) is 4.15. The normalized spacial score (nSPS) is 10.7. The number of hydrogen-bond donors (Lipinski definition) is 1. The number of hydrogen-bond acceptors (Lipinski definition) is 2. The Morgan fingerprint density at radius 2 is 1.83 bits per heavy atom. The lowest BCUT2D eigenvalue weighted by molar-refractivity contribution is 0.628. The lowest BCUT2D eigenvalue weighted by Gasteiger charge is -2.06. The van der Waals surface area contributed by atoms with Gasteiger partial charge >= 0.3 is 0 Å². The monoisotopic (exact) mass is 238 g/mol. The molecule has 18 heavy (non-hydrogen) atoms. The Morgan fingerprint density at radius 3 is 2.67 bits per heavy atom. The van der Waals surface area contributed by atoms with Crippen LogP contribution in [0.1, 0.15) is 0 Å². The fourth-order valence-electron chi connectivity index (χ4n) is 2.01. The van der Waals surface area contributed by atoms with Gasteiger partial charge in [0.25, 0.3) is 0 Å². The van der Waals surface area contributed by atoms with Gasteiger partial charge in [-0.2, -0.15) is 0 Å². The summed E-state index contributed by atoms with van der Waals surface area (Å²) in [5.41, 5.74) is 8.88. The van der Waals surface area contributed by atoms with Crippen molar-refractivity contribution in [3.05, 3.63) is 60.5 Å². The molecule has 0 saturated carbocycles. The first-order chi connectivity index (χ1) is 8.74. The molecule has 0 atom stereocenters. The second-order valence-corrected chi connectivity index (χ2v) is 4.15. The van der Waals surface area contributed by atoms with E-state index in [0.717, 1.165) is 22.0 Å². The minimum absolute atomic E-state index is 0.329. The molecule has 0 aliphatic rings. The predicted octanol–water partition coefficient (Wildman–Crippen LogP) is 3.62. The van der Waals surface area contributed by atoms with Gasteiger partial charge in [-0.05, 0) is 30.3 Å². The molecule has 0 saturated heterocycles. The highest BCUT2D eigenvalue weighted by molar-refractivity contribution is 5.86. The molecular weight excluding hydrogens is 227 g/mol. The number of nitrogens with two attached hydrogens (primary N) is 1. The zero-order valence-corrected chi connectivity index (χ0v) is 9.60. The van der Waals surface area contributed by atoms with Crippen molar-refractivity contribution in [3.8, 4) is 11.1 Å². The number of benzene rings is 2. The lowest BCUT2D eigenvalue weighted by Crippen LogP contribution is -1.92. The maximum absolute atomic E-state index is 13.0. The van der Waals surface area contributed by atoms with E-state index in [2.05, 4.69) is 4.98 Å². The van der Waals surface area contributed by atoms with Crippen LogP contribution in [0, 0.1) is 5.82 Å². The number of fused-ring (bicyclic) bond motifs is 1. The average Bonchev–Trinajstić information content (AvgIpc) is 2.38. The molecule has 2 N–H and O–H groups in total. The average molecular weight is 238 g/mol. The molecular formula is C15H11FN2. The highest BCUT2D eigenvalue weighted by atomic mass is 19.1. The summed E-state index contributed by atoms with van der Waals surface area (Å²) < 4.78 is 13.0. The van der Waals surface area contributed by atoms with Crippen molar-refractivity contribution >= 4 is 16.6 Å². The van der Waals surface area contributed by atoms with Crippen molar-refractivity contribution in [2.45, 2.75) is 0 Å². The number of rotatable bonds is 1. The van der Waals surface area contributed by atoms with Gasteiger partial charge in [0.1, 0.15) is 5.82 Å². The van der Waals surface area contributed by atoms with E-state index in [1.807, 2.05) is 30.3 Å². The van der Waals surface area contributed by atoms with Crippen LogP contribution in [0.5, 0.6) is 0 Å². The Morgan fingerprint density at radius 1 is 1.00 bits per heavy atom. The van der Waals surface area contributed by atoms with Crippen LogP contribution >= 0.6 is 0 Å². The van der Waals surface area contributed by atoms with Gasteiger partial charge in [0.2, 0.25) is 0 Å². The van der Waals surface area contributed by atoms with Gasteiger partial charge < -0.3 is 5.73 Å². The number of pyridine rings is 1. The van der Waals surface area contributed by atoms with E-state index in [4.69, 9.17) is 5.73 Å². The number of aromatic nitrogens is 1. The highest BCUT2D eigenvalue weighted by Crippen LogP contribution is 2.27. The summed E-state index contributed by atoms with van der Waals surface area (Å²) in [6, 6.07) is 14.3. The second kappa shape index (κ2) is 4.11. The molecule has 0 bridgehead atoms. The minimum Gasteiger partial charge on any atom is -0.398 e. The Balaban J connectivity index is 2.19. The molecule has 1 aromatic heterocycles. The third-order valence-electron chi connectivity index (χ3n) is 2.92. The fourth-order valence-corrected chi connectivity index (χ4v) is 2.01. The van der Waals surface area contributed by atoms with Crippen molar-refractivity contribution in [1.82, 2.24) is 4.98 Å². The van der Waals surface area contributed by atoms with Crippen LogP contribution in [0.4, 0.5) is 10.1 Å². The summed E-state index contributed by atoms with van der Waals surface area (Å²) in [6.07, 6.45) is 1.76. The molecule has 0 unspecified atom stereocenters. The van der Waals surface area contributed by atoms with E-state index >= 15 is 0 Å². The summed E-state index contributed by atoms with van der Waals surface area (Å²) >= 11 is 0. The first-order valence-corrected chi connectivity index (χ1v) is 5.64. The van der Waals surface area contributed by atoms with Crippen molar-refractivity contribution in [1.29, 1.82) is 0 Å². The molecule has 1 heterocycles. The molecule has 2 aromatic carbocycles. The van der Waals surface area contributed by atoms with Crippen molar-refractivity contribution in [3.63, 3.8) is 0 Å². The summed E-state index contributed by atoms with van der Waals surface area (Å²) in [7, 11) is 0. The van der Waals surface area contributed by atoms with Gasteiger partial charge in [-0.3, -0.25) is 4.98 Å². The molecule has 2 nitrogen and oxygen atoms in total. The first kappa shape index (κ1) is 10.7. The Labute approximate surface area is 104 Å². The van der Waals surface area contributed by atoms with E-state index < -0.39 is 0 Å². The number of nitrogen functional groups attached to an aromatic ring is 1. The Kier molecular flexibility index (Phi) is 2.45. The molecule has 3 rings (SSSR count). The van der Waals surface area contributed by atoms with Gasteiger partial charge in [0.15, 0.2) is 0 Å². The van der Waals surface area contributed by atoms with Crippen molar-refractivity contribution < 1.29 is 4.39 Å². The Bertz CT molecular complexity index is 723. The summed E-state index contributed by atoms with van der Waals surface area (Å²) in [5.74, 6) is -0.329. The highest BCUT2D eigenvalue weighted by Gasteiger charge is 2.05. The molecule has 0 aliphatic carbocycles. The van der Waals surface area contributed by atoms with E-state index in [1.54, 1.807) is 12.3 Å². The fraction of sp³-hybridized carbons (Fsp3) is 0. The van der Waals surface area contributed by atoms with Gasteiger partial charge in [-0.25, -0.2) is 4.39 Å². The van der Waals surface area contributed by atoms with Crippen LogP contribution in [-0.4, -0.2) is 4.98 Å². The van der Waals surface area contributed by atoms with Gasteiger partial charge in [0.05, 0.1) is 5.52 Å². The SMILES string of the molecule is Nc1cc(F)ccc1-c1cnc2ccccc2c1. The first-order valence-electron chi connectivity index (χ1n) is 5.64. The van der Waals surface area contributed by atoms with Crippen LogP contribution in [0.3, 0.4) is 0 Å². The molecule has 3 heteroatoms. The van der Waals surface area contributed by atoms with Gasteiger partial charge in [-0.15, -0.1) is 0 Å². The minimum atomic E-state index is -0.329. The Hall–Kier alpha value is -2.42. The summed E-state index contributed by atoms with van der Waals surface area (Å²) in [6.45, 7) is 0. The quantitative estimate of drug-likeness (QED) is 0.657. The van der Waals surface area contributed by atoms with Crippen LogP contribution < -0.4 is 5.73 Å². The van der Waals surface area contributed by atoms with Crippen LogP contribution in [0.2, 0.25) is 0 Å². The molecule has 0 radical (unpaired) electrons. The van der Waals surface area contributed by atoms with Gasteiger partial charge in [-0.1, -0.05) is 18.2 Å². The van der Waals surface area contributed by atoms with Crippen LogP contribution in [0.15, 0.2) is 54.7 Å². The molecule has 0 spiro atoms. The largest absolute Gasteiger partial charge is 0.398 e. The third-order valence-corrected chi connectivity index (χ3v) is 2.92. The van der Waals surface area contributed by atoms with Crippen molar-refractivity contribution in [2.75, 3.05) is 5.73 Å². The number of para-hydroxylation sites is 1. The van der Waals surface area contributed by atoms with Crippen LogP contribution in [0.25, 0.3) is 22.0 Å². The number of halogens is 1. The third kappa shape index (κ3) is 1.80. The zero-order valence-electron chi connectivity index (χ0n) is 9.60. The molecule has 0 aliphatic heterocycles. The zero-order chi connectivity index (χ0) is 12.5. The van der Waals surface area contributed by atoms with Gasteiger partial charge in [0, 0.05) is 28.4 Å². The number of nitrogens with zero attached hydrogens (tertiary/aromatic N) is 1. The van der Waals surface area contributed by atoms with Crippen molar-refractivity contribution in [2.24, 2.45) is 0 Å². The van der Waals surface area contributed by atoms with E-state index in [-0.39, 0.29) is 5.82 Å². The van der Waals surface area contributed by atoms with Crippen LogP contribution in [-0.2, 0) is 0 Å². The van der Waals surface area contributed by atoms with E-state index in [1.165, 1.54) is 12.1 Å². The molecule has 0 fully saturated rings. The standard InChI is InChI=1S/C15H11FN2/c16-12-5-6-13(14(17)8-12)11-7-10-3-1-2-4-15(10)18-9-11/h1-9H,17H2. The lowest BCUT2D eigenvalue weighted by atomic mass is 10.0. The maximum Gasteiger partial charge on any atom is 0.125 e. The van der Waals surface area contributed by atoms with E-state index in [0.29, 0.717) is 5.69 Å². The molecule has 88 valence electrons. The predicted molar refractivity (Wildman–Crippen MR) is 71.5 cm³/mol. The maximum atomic E-state index is 13.0. The van der Waals surface area contributed by atoms with E-state index in [9.17, 15) is 4.39 Å². The summed E-state index contributed by atoms with van der Waals surface area (Å²) in [4.78, 5) is 4.37. The number of anilines is 1. The summed E-state index contributed by atoms with van der Waals surface area (Å²) in [5, 5.41) is 1.04. The molecule has 3 aromatic rings. The molecule has 0 amide bonds.